The molecule has 4 nitrogen and oxygen atoms in total. The molecule has 5 heteroatoms. The first kappa shape index (κ1) is 15.6. The van der Waals surface area contributed by atoms with Crippen LogP contribution in [0.5, 0.6) is 0 Å². The molecular weight excluding hydrogens is 314 g/mol. The van der Waals surface area contributed by atoms with Gasteiger partial charge in [0.25, 0.3) is 0 Å². The number of halogens is 1. The fourth-order valence-electron chi connectivity index (χ4n) is 2.09. The first-order valence-electron chi connectivity index (χ1n) is 7.44. The summed E-state index contributed by atoms with van der Waals surface area (Å²) in [5.41, 5.74) is 2.01. The number of ether oxygens (including phenoxy) is 1. The maximum absolute atomic E-state index is 12.0. The van der Waals surface area contributed by atoms with Crippen LogP contribution in [0.15, 0.2) is 48.5 Å². The summed E-state index contributed by atoms with van der Waals surface area (Å²) in [6.07, 6.45) is 1.92. The van der Waals surface area contributed by atoms with Gasteiger partial charge in [0, 0.05) is 16.6 Å². The summed E-state index contributed by atoms with van der Waals surface area (Å²) in [7, 11) is 0. The maximum atomic E-state index is 12.0. The van der Waals surface area contributed by atoms with Crippen molar-refractivity contribution >= 4 is 29.2 Å². The number of hydrogen-bond donors (Lipinski definition) is 1. The molecule has 1 saturated carbocycles. The second-order valence-corrected chi connectivity index (χ2v) is 5.98. The highest BCUT2D eigenvalue weighted by Gasteiger charge is 2.29. The molecule has 23 heavy (non-hydrogen) atoms. The number of carbonyl (C=O) groups is 2. The second kappa shape index (κ2) is 6.84. The van der Waals surface area contributed by atoms with Crippen molar-refractivity contribution < 1.29 is 14.3 Å². The molecule has 0 aliphatic heterocycles. The minimum absolute atomic E-state index is 0.0445. The minimum atomic E-state index is -0.403. The standard InChI is InChI=1S/C18H16ClNO3/c19-15-7-1-12(2-8-15)11-23-18(22)14-5-9-16(10-6-14)20-17(21)13-3-4-13/h1-2,5-10,13H,3-4,11H2,(H,20,21). The minimum Gasteiger partial charge on any atom is -0.457 e. The Labute approximate surface area is 139 Å². The summed E-state index contributed by atoms with van der Waals surface area (Å²) in [5, 5.41) is 3.47. The molecule has 2 aromatic carbocycles. The molecule has 3 rings (SSSR count). The Balaban J connectivity index is 1.54. The van der Waals surface area contributed by atoms with E-state index in [9.17, 15) is 9.59 Å². The smallest absolute Gasteiger partial charge is 0.338 e. The van der Waals surface area contributed by atoms with Gasteiger partial charge in [0.05, 0.1) is 5.56 Å². The van der Waals surface area contributed by atoms with Gasteiger partial charge in [-0.25, -0.2) is 4.79 Å². The Morgan fingerprint density at radius 2 is 1.70 bits per heavy atom. The summed E-state index contributed by atoms with van der Waals surface area (Å²) in [6, 6.07) is 13.8. The molecule has 0 aromatic heterocycles. The quantitative estimate of drug-likeness (QED) is 0.842. The Morgan fingerprint density at radius 1 is 1.04 bits per heavy atom. The van der Waals surface area contributed by atoms with Gasteiger partial charge >= 0.3 is 5.97 Å². The molecule has 0 atom stereocenters. The van der Waals surface area contributed by atoms with Crippen LogP contribution in [0.1, 0.15) is 28.8 Å². The Hall–Kier alpha value is -2.33. The third-order valence-corrected chi connectivity index (χ3v) is 3.87. The molecule has 1 N–H and O–H groups in total. The van der Waals surface area contributed by atoms with Gasteiger partial charge < -0.3 is 10.1 Å². The lowest BCUT2D eigenvalue weighted by Crippen LogP contribution is -2.13. The van der Waals surface area contributed by atoms with Crippen molar-refractivity contribution in [2.24, 2.45) is 5.92 Å². The van der Waals surface area contributed by atoms with Crippen LogP contribution in [0.2, 0.25) is 5.02 Å². The third kappa shape index (κ3) is 4.33. The number of hydrogen-bond acceptors (Lipinski definition) is 3. The summed E-state index contributed by atoms with van der Waals surface area (Å²) in [5.74, 6) is -0.206. The van der Waals surface area contributed by atoms with Crippen LogP contribution < -0.4 is 5.32 Å². The van der Waals surface area contributed by atoms with E-state index >= 15 is 0 Å². The van der Waals surface area contributed by atoms with Crippen LogP contribution in [0.25, 0.3) is 0 Å². The lowest BCUT2D eigenvalue weighted by Gasteiger charge is -2.07. The van der Waals surface area contributed by atoms with Crippen molar-refractivity contribution in [3.8, 4) is 0 Å². The van der Waals surface area contributed by atoms with Gasteiger partial charge in [-0.3, -0.25) is 4.79 Å². The van der Waals surface area contributed by atoms with E-state index in [0.29, 0.717) is 16.3 Å². The average molecular weight is 330 g/mol. The Morgan fingerprint density at radius 3 is 2.30 bits per heavy atom. The van der Waals surface area contributed by atoms with E-state index in [1.54, 1.807) is 36.4 Å². The summed E-state index contributed by atoms with van der Waals surface area (Å²) in [6.45, 7) is 0.191. The molecular formula is C18H16ClNO3. The van der Waals surface area contributed by atoms with Crippen LogP contribution in [0, 0.1) is 5.92 Å². The lowest BCUT2D eigenvalue weighted by atomic mass is 10.2. The van der Waals surface area contributed by atoms with Crippen LogP contribution >= 0.6 is 11.6 Å². The number of anilines is 1. The normalized spacial score (nSPS) is 13.4. The largest absolute Gasteiger partial charge is 0.457 e. The number of carbonyl (C=O) groups excluding carboxylic acids is 2. The molecule has 1 aliphatic carbocycles. The average Bonchev–Trinajstić information content (AvgIpc) is 3.40. The van der Waals surface area contributed by atoms with Crippen LogP contribution in [0.3, 0.4) is 0 Å². The van der Waals surface area contributed by atoms with Crippen molar-refractivity contribution in [3.63, 3.8) is 0 Å². The zero-order valence-electron chi connectivity index (χ0n) is 12.4. The number of benzene rings is 2. The molecule has 1 aliphatic rings. The molecule has 0 bridgehead atoms. The second-order valence-electron chi connectivity index (χ2n) is 5.54. The molecule has 1 fully saturated rings. The SMILES string of the molecule is O=C(OCc1ccc(Cl)cc1)c1ccc(NC(=O)C2CC2)cc1. The highest BCUT2D eigenvalue weighted by Crippen LogP contribution is 2.30. The summed E-state index contributed by atoms with van der Waals surface area (Å²) >= 11 is 5.81. The maximum Gasteiger partial charge on any atom is 0.338 e. The van der Waals surface area contributed by atoms with Gasteiger partial charge in [-0.2, -0.15) is 0 Å². The highest BCUT2D eigenvalue weighted by molar-refractivity contribution is 6.30. The van der Waals surface area contributed by atoms with Crippen molar-refractivity contribution in [3.05, 3.63) is 64.7 Å². The van der Waals surface area contributed by atoms with E-state index in [2.05, 4.69) is 5.32 Å². The van der Waals surface area contributed by atoms with E-state index in [4.69, 9.17) is 16.3 Å². The molecule has 0 radical (unpaired) electrons. The predicted octanol–water partition coefficient (Wildman–Crippen LogP) is 4.05. The van der Waals surface area contributed by atoms with Gasteiger partial charge in [0.2, 0.25) is 5.91 Å². The fraction of sp³-hybridized carbons (Fsp3) is 0.222. The molecule has 1 amide bonds. The number of rotatable bonds is 5. The van der Waals surface area contributed by atoms with Crippen LogP contribution in [-0.4, -0.2) is 11.9 Å². The Bertz CT molecular complexity index is 706. The number of amides is 1. The molecule has 0 unspecified atom stereocenters. The zero-order valence-corrected chi connectivity index (χ0v) is 13.2. The van der Waals surface area contributed by atoms with Crippen molar-refractivity contribution in [2.75, 3.05) is 5.32 Å². The number of nitrogens with one attached hydrogen (secondary N) is 1. The highest BCUT2D eigenvalue weighted by atomic mass is 35.5. The molecule has 118 valence electrons. The molecule has 0 heterocycles. The van der Waals surface area contributed by atoms with E-state index in [0.717, 1.165) is 18.4 Å². The summed E-state index contributed by atoms with van der Waals surface area (Å²) in [4.78, 5) is 23.7. The number of esters is 1. The van der Waals surface area contributed by atoms with E-state index in [1.807, 2.05) is 12.1 Å². The van der Waals surface area contributed by atoms with Gasteiger partial charge in [-0.1, -0.05) is 23.7 Å². The van der Waals surface area contributed by atoms with Crippen LogP contribution in [-0.2, 0) is 16.1 Å². The van der Waals surface area contributed by atoms with E-state index < -0.39 is 5.97 Å². The molecule has 2 aromatic rings. The van der Waals surface area contributed by atoms with Gasteiger partial charge in [-0.05, 0) is 54.8 Å². The molecule has 0 spiro atoms. The predicted molar refractivity (Wildman–Crippen MR) is 88.4 cm³/mol. The van der Waals surface area contributed by atoms with Gasteiger partial charge in [0.15, 0.2) is 0 Å². The van der Waals surface area contributed by atoms with Crippen molar-refractivity contribution in [1.29, 1.82) is 0 Å². The van der Waals surface area contributed by atoms with Gasteiger partial charge in [-0.15, -0.1) is 0 Å². The van der Waals surface area contributed by atoms with E-state index in [-0.39, 0.29) is 18.4 Å². The van der Waals surface area contributed by atoms with E-state index in [1.165, 1.54) is 0 Å². The lowest BCUT2D eigenvalue weighted by molar-refractivity contribution is -0.117. The monoisotopic (exact) mass is 329 g/mol. The third-order valence-electron chi connectivity index (χ3n) is 3.62. The van der Waals surface area contributed by atoms with Gasteiger partial charge in [0.1, 0.15) is 6.61 Å². The summed E-state index contributed by atoms with van der Waals surface area (Å²) < 4.78 is 5.25. The van der Waals surface area contributed by atoms with Crippen LogP contribution in [0.4, 0.5) is 5.69 Å². The van der Waals surface area contributed by atoms with Crippen molar-refractivity contribution in [1.82, 2.24) is 0 Å². The molecule has 0 saturated heterocycles. The zero-order chi connectivity index (χ0) is 16.2. The topological polar surface area (TPSA) is 55.4 Å². The van der Waals surface area contributed by atoms with Crippen molar-refractivity contribution in [2.45, 2.75) is 19.4 Å². The first-order chi connectivity index (χ1) is 11.1. The fourth-order valence-corrected chi connectivity index (χ4v) is 2.22. The first-order valence-corrected chi connectivity index (χ1v) is 7.82. The Kier molecular flexibility index (Phi) is 4.63.